The minimum atomic E-state index is -0.161. The quantitative estimate of drug-likeness (QED) is 0.618. The highest BCUT2D eigenvalue weighted by Gasteiger charge is 2.27. The second-order valence-corrected chi connectivity index (χ2v) is 8.39. The molecular weight excluding hydrogens is 388 g/mol. The summed E-state index contributed by atoms with van der Waals surface area (Å²) in [6.45, 7) is 4.96. The van der Waals surface area contributed by atoms with Gasteiger partial charge in [-0.15, -0.1) is 0 Å². The van der Waals surface area contributed by atoms with Gasteiger partial charge in [-0.3, -0.25) is 19.8 Å². The lowest BCUT2D eigenvalue weighted by Gasteiger charge is -2.37. The molecule has 2 aromatic heterocycles. The van der Waals surface area contributed by atoms with E-state index in [0.717, 1.165) is 56.2 Å². The Morgan fingerprint density at radius 1 is 1.06 bits per heavy atom. The molecule has 160 valence electrons. The summed E-state index contributed by atoms with van der Waals surface area (Å²) in [5.74, 6) is 0.391. The maximum Gasteiger partial charge on any atom is 0.276 e. The number of para-hydroxylation sites is 2. The molecule has 3 heterocycles. The highest BCUT2D eigenvalue weighted by atomic mass is 16.1. The molecule has 2 fully saturated rings. The number of rotatable bonds is 7. The average molecular weight is 417 g/mol. The first kappa shape index (κ1) is 19.8. The second-order valence-electron chi connectivity index (χ2n) is 8.39. The van der Waals surface area contributed by atoms with Gasteiger partial charge in [0.05, 0.1) is 11.4 Å². The molecule has 1 saturated carbocycles. The van der Waals surface area contributed by atoms with Crippen molar-refractivity contribution in [3.63, 3.8) is 0 Å². The van der Waals surface area contributed by atoms with Gasteiger partial charge in [0, 0.05) is 56.7 Å². The van der Waals surface area contributed by atoms with Crippen LogP contribution in [0.2, 0.25) is 0 Å². The monoisotopic (exact) mass is 416 g/mol. The van der Waals surface area contributed by atoms with Crippen molar-refractivity contribution in [2.24, 2.45) is 0 Å². The molecule has 0 unspecified atom stereocenters. The van der Waals surface area contributed by atoms with Gasteiger partial charge in [0.2, 0.25) is 0 Å². The van der Waals surface area contributed by atoms with Crippen molar-refractivity contribution in [1.82, 2.24) is 20.1 Å². The Labute approximate surface area is 182 Å². The van der Waals surface area contributed by atoms with Crippen LogP contribution in [0.3, 0.4) is 0 Å². The molecule has 1 aliphatic carbocycles. The number of carbonyl (C=O) groups excluding carboxylic acids is 1. The summed E-state index contributed by atoms with van der Waals surface area (Å²) >= 11 is 0. The van der Waals surface area contributed by atoms with Gasteiger partial charge in [-0.2, -0.15) is 5.10 Å². The van der Waals surface area contributed by atoms with Gasteiger partial charge < -0.3 is 10.2 Å². The number of aromatic nitrogens is 3. The molecule has 3 aromatic rings. The summed E-state index contributed by atoms with van der Waals surface area (Å²) in [4.78, 5) is 21.7. The third-order valence-corrected chi connectivity index (χ3v) is 6.18. The number of pyridine rings is 1. The average Bonchev–Trinajstić information content (AvgIpc) is 3.55. The van der Waals surface area contributed by atoms with E-state index < -0.39 is 0 Å². The van der Waals surface area contributed by atoms with Gasteiger partial charge >= 0.3 is 0 Å². The van der Waals surface area contributed by atoms with Crippen LogP contribution in [0.15, 0.2) is 54.9 Å². The minimum Gasteiger partial charge on any atom is -0.367 e. The Balaban J connectivity index is 1.19. The molecule has 31 heavy (non-hydrogen) atoms. The van der Waals surface area contributed by atoms with E-state index in [4.69, 9.17) is 0 Å². The molecule has 2 aliphatic rings. The molecule has 0 atom stereocenters. The van der Waals surface area contributed by atoms with Gasteiger partial charge in [0.1, 0.15) is 0 Å². The van der Waals surface area contributed by atoms with E-state index in [1.54, 1.807) is 0 Å². The fourth-order valence-corrected chi connectivity index (χ4v) is 4.15. The zero-order chi connectivity index (χ0) is 21.0. The van der Waals surface area contributed by atoms with Gasteiger partial charge in [-0.05, 0) is 55.2 Å². The summed E-state index contributed by atoms with van der Waals surface area (Å²) in [7, 11) is 0. The first-order valence-electron chi connectivity index (χ1n) is 11.1. The van der Waals surface area contributed by atoms with E-state index in [9.17, 15) is 4.79 Å². The van der Waals surface area contributed by atoms with E-state index in [0.29, 0.717) is 11.6 Å². The number of piperazine rings is 1. The van der Waals surface area contributed by atoms with E-state index in [1.807, 2.05) is 36.7 Å². The van der Waals surface area contributed by atoms with Crippen LogP contribution in [0.5, 0.6) is 0 Å². The number of benzene rings is 1. The predicted octanol–water partition coefficient (Wildman–Crippen LogP) is 3.30. The number of nitrogens with zero attached hydrogens (tertiary/aromatic N) is 4. The zero-order valence-electron chi connectivity index (χ0n) is 17.6. The van der Waals surface area contributed by atoms with Gasteiger partial charge in [0.15, 0.2) is 5.69 Å². The van der Waals surface area contributed by atoms with Gasteiger partial charge in [-0.25, -0.2) is 0 Å². The Hall–Kier alpha value is -3.19. The Morgan fingerprint density at radius 2 is 1.84 bits per heavy atom. The van der Waals surface area contributed by atoms with E-state index >= 15 is 0 Å². The Bertz CT molecular complexity index is 1020. The fourth-order valence-electron chi connectivity index (χ4n) is 4.15. The number of nitrogens with one attached hydrogen (secondary N) is 2. The molecule has 2 N–H and O–H groups in total. The molecule has 1 aliphatic heterocycles. The molecule has 0 radical (unpaired) electrons. The summed E-state index contributed by atoms with van der Waals surface area (Å²) in [6, 6.07) is 14.1. The predicted molar refractivity (Wildman–Crippen MR) is 122 cm³/mol. The van der Waals surface area contributed by atoms with Crippen LogP contribution in [-0.2, 0) is 6.42 Å². The third kappa shape index (κ3) is 4.77. The topological polar surface area (TPSA) is 77.2 Å². The van der Waals surface area contributed by atoms with E-state index in [-0.39, 0.29) is 5.91 Å². The molecule has 0 bridgehead atoms. The van der Waals surface area contributed by atoms with Crippen molar-refractivity contribution in [3.8, 4) is 0 Å². The minimum absolute atomic E-state index is 0.161. The number of hydrogen-bond donors (Lipinski definition) is 2. The van der Waals surface area contributed by atoms with Crippen molar-refractivity contribution in [2.45, 2.75) is 25.2 Å². The van der Waals surface area contributed by atoms with Crippen molar-refractivity contribution >= 4 is 17.3 Å². The smallest absolute Gasteiger partial charge is 0.276 e. The molecule has 0 spiro atoms. The van der Waals surface area contributed by atoms with Crippen LogP contribution < -0.4 is 10.2 Å². The number of H-pyrrole nitrogens is 1. The lowest BCUT2D eigenvalue weighted by Crippen LogP contribution is -2.47. The third-order valence-electron chi connectivity index (χ3n) is 6.18. The normalized spacial score (nSPS) is 17.0. The summed E-state index contributed by atoms with van der Waals surface area (Å²) in [5.41, 5.74) is 4.77. The highest BCUT2D eigenvalue weighted by Crippen LogP contribution is 2.39. The standard InChI is InChI=1S/C24H28N6O/c31-24(22-17-21(27-28-22)19-5-6-19)26-20-3-1-2-4-23(20)30-15-13-29(14-16-30)12-9-18-7-10-25-11-8-18/h1-4,7-8,10-11,17,19H,5-6,9,12-16H2,(H,26,31)(H,27,28). The van der Waals surface area contributed by atoms with Crippen LogP contribution in [0.4, 0.5) is 11.4 Å². The van der Waals surface area contributed by atoms with Crippen LogP contribution in [0, 0.1) is 0 Å². The van der Waals surface area contributed by atoms with Crippen molar-refractivity contribution < 1.29 is 4.79 Å². The van der Waals surface area contributed by atoms with Crippen LogP contribution >= 0.6 is 0 Å². The lowest BCUT2D eigenvalue weighted by molar-refractivity contribution is 0.102. The SMILES string of the molecule is O=C(Nc1ccccc1N1CCN(CCc2ccncc2)CC1)c1cc(C2CC2)[nH]n1. The summed E-state index contributed by atoms with van der Waals surface area (Å²) < 4.78 is 0. The largest absolute Gasteiger partial charge is 0.367 e. The number of amides is 1. The summed E-state index contributed by atoms with van der Waals surface area (Å²) in [6.07, 6.45) is 7.12. The molecule has 1 amide bonds. The number of hydrogen-bond acceptors (Lipinski definition) is 5. The maximum atomic E-state index is 12.8. The van der Waals surface area contributed by atoms with Crippen LogP contribution in [0.1, 0.15) is 40.5 Å². The fraction of sp³-hybridized carbons (Fsp3) is 0.375. The molecule has 1 aromatic carbocycles. The first-order chi connectivity index (χ1) is 15.3. The first-order valence-corrected chi connectivity index (χ1v) is 11.1. The van der Waals surface area contributed by atoms with E-state index in [2.05, 4.69) is 48.5 Å². The molecule has 7 heteroatoms. The van der Waals surface area contributed by atoms with Gasteiger partial charge in [0.25, 0.3) is 5.91 Å². The van der Waals surface area contributed by atoms with Crippen LogP contribution in [0.25, 0.3) is 0 Å². The van der Waals surface area contributed by atoms with Crippen molar-refractivity contribution in [3.05, 3.63) is 71.8 Å². The van der Waals surface area contributed by atoms with Crippen LogP contribution in [-0.4, -0.2) is 58.7 Å². The van der Waals surface area contributed by atoms with Gasteiger partial charge in [-0.1, -0.05) is 12.1 Å². The number of aromatic amines is 1. The highest BCUT2D eigenvalue weighted by molar-refractivity contribution is 6.04. The van der Waals surface area contributed by atoms with Crippen molar-refractivity contribution in [2.75, 3.05) is 42.9 Å². The molecule has 7 nitrogen and oxygen atoms in total. The van der Waals surface area contributed by atoms with Crippen molar-refractivity contribution in [1.29, 1.82) is 0 Å². The number of carbonyl (C=O) groups is 1. The second kappa shape index (κ2) is 8.89. The lowest BCUT2D eigenvalue weighted by atomic mass is 10.1. The van der Waals surface area contributed by atoms with E-state index in [1.165, 1.54) is 18.4 Å². The zero-order valence-corrected chi connectivity index (χ0v) is 17.6. The Kier molecular flexibility index (Phi) is 5.67. The maximum absolute atomic E-state index is 12.8. The molecule has 1 saturated heterocycles. The molecule has 5 rings (SSSR count). The number of anilines is 2. The summed E-state index contributed by atoms with van der Waals surface area (Å²) in [5, 5.41) is 10.3. The molecular formula is C24H28N6O. The Morgan fingerprint density at radius 3 is 2.61 bits per heavy atom.